The average molecular weight is 375 g/mol. The van der Waals surface area contributed by atoms with Crippen molar-refractivity contribution in [2.24, 2.45) is 0 Å². The summed E-state index contributed by atoms with van der Waals surface area (Å²) >= 11 is 13.5. The lowest BCUT2D eigenvalue weighted by molar-refractivity contribution is 1.18. The largest absolute Gasteiger partial charge is 0.274 e. The maximum atomic E-state index is 12.8. The monoisotopic (exact) mass is 374 g/mol. The Labute approximate surface area is 151 Å². The minimum absolute atomic E-state index is 0.0771. The average Bonchev–Trinajstić information content (AvgIpc) is 3.00. The number of imidazole rings is 1. The van der Waals surface area contributed by atoms with Crippen LogP contribution in [0.25, 0.3) is 22.1 Å². The molecule has 2 heterocycles. The highest BCUT2D eigenvalue weighted by Gasteiger charge is 2.12. The lowest BCUT2D eigenvalue weighted by Gasteiger charge is -1.98. The van der Waals surface area contributed by atoms with Gasteiger partial charge in [-0.15, -0.1) is 0 Å². The minimum Gasteiger partial charge on any atom is -0.267 e. The molecule has 0 atom stereocenters. The number of nitrogens with zero attached hydrogens (tertiary/aromatic N) is 2. The van der Waals surface area contributed by atoms with Crippen LogP contribution < -0.4 is 10.1 Å². The molecule has 0 bridgehead atoms. The highest BCUT2D eigenvalue weighted by molar-refractivity contribution is 7.15. The SMILES string of the molecule is Cc1cc2nc3sc(=Cc4ccc(Cl)cc4Cl)c(=O)n3c2cc1C. The fourth-order valence-corrected chi connectivity index (χ4v) is 4.12. The molecule has 2 aromatic heterocycles. The molecule has 0 unspecified atom stereocenters. The molecule has 4 aromatic rings. The Morgan fingerprint density at radius 1 is 1.12 bits per heavy atom. The van der Waals surface area contributed by atoms with Crippen molar-refractivity contribution in [2.45, 2.75) is 13.8 Å². The third-order valence-electron chi connectivity index (χ3n) is 4.10. The zero-order valence-corrected chi connectivity index (χ0v) is 15.3. The summed E-state index contributed by atoms with van der Waals surface area (Å²) in [6, 6.07) is 9.25. The van der Waals surface area contributed by atoms with Gasteiger partial charge in [-0.05, 0) is 60.9 Å². The molecule has 0 amide bonds. The number of hydrogen-bond acceptors (Lipinski definition) is 3. The van der Waals surface area contributed by atoms with Crippen molar-refractivity contribution in [2.75, 3.05) is 0 Å². The van der Waals surface area contributed by atoms with Gasteiger partial charge < -0.3 is 0 Å². The summed E-state index contributed by atoms with van der Waals surface area (Å²) in [5, 5.41) is 1.08. The Balaban J connectivity index is 2.01. The van der Waals surface area contributed by atoms with E-state index in [2.05, 4.69) is 4.98 Å². The van der Waals surface area contributed by atoms with E-state index in [0.29, 0.717) is 19.5 Å². The van der Waals surface area contributed by atoms with Gasteiger partial charge in [0.25, 0.3) is 5.56 Å². The van der Waals surface area contributed by atoms with Crippen LogP contribution in [-0.2, 0) is 0 Å². The van der Waals surface area contributed by atoms with Gasteiger partial charge in [0.2, 0.25) is 0 Å². The van der Waals surface area contributed by atoms with Crippen molar-refractivity contribution in [3.8, 4) is 0 Å². The molecule has 2 aromatic carbocycles. The van der Waals surface area contributed by atoms with Crippen molar-refractivity contribution in [3.63, 3.8) is 0 Å². The number of benzene rings is 2. The first-order chi connectivity index (χ1) is 11.4. The van der Waals surface area contributed by atoms with Crippen LogP contribution in [0.5, 0.6) is 0 Å². The Morgan fingerprint density at radius 2 is 1.88 bits per heavy atom. The van der Waals surface area contributed by atoms with E-state index in [9.17, 15) is 4.79 Å². The summed E-state index contributed by atoms with van der Waals surface area (Å²) in [7, 11) is 0. The Kier molecular flexibility index (Phi) is 3.64. The van der Waals surface area contributed by atoms with Crippen LogP contribution >= 0.6 is 34.5 Å². The van der Waals surface area contributed by atoms with Crippen molar-refractivity contribution in [3.05, 3.63) is 72.0 Å². The van der Waals surface area contributed by atoms with Gasteiger partial charge in [0.05, 0.1) is 15.6 Å². The lowest BCUT2D eigenvalue weighted by Crippen LogP contribution is -2.22. The minimum atomic E-state index is -0.0771. The first-order valence-corrected chi connectivity index (χ1v) is 8.90. The number of thiazole rings is 1. The van der Waals surface area contributed by atoms with Crippen molar-refractivity contribution in [1.29, 1.82) is 0 Å². The van der Waals surface area contributed by atoms with E-state index in [4.69, 9.17) is 23.2 Å². The number of hydrogen-bond donors (Lipinski definition) is 0. The van der Waals surface area contributed by atoms with Crippen molar-refractivity contribution in [1.82, 2.24) is 9.38 Å². The number of fused-ring (bicyclic) bond motifs is 3. The van der Waals surface area contributed by atoms with Crippen molar-refractivity contribution >= 4 is 56.6 Å². The molecule has 0 saturated heterocycles. The summed E-state index contributed by atoms with van der Waals surface area (Å²) in [6.45, 7) is 4.08. The Bertz CT molecular complexity index is 1220. The van der Waals surface area contributed by atoms with Crippen LogP contribution in [0.4, 0.5) is 0 Å². The van der Waals surface area contributed by atoms with Crippen LogP contribution in [0.15, 0.2) is 35.1 Å². The Hall–Kier alpha value is -1.88. The maximum Gasteiger partial charge on any atom is 0.274 e. The standard InChI is InChI=1S/C18H12Cl2N2OS/c1-9-5-14-15(6-10(9)2)22-17(23)16(24-18(22)21-14)7-11-3-4-12(19)8-13(11)20/h3-8H,1-2H3. The second kappa shape index (κ2) is 5.59. The molecular formula is C18H12Cl2N2OS. The molecule has 4 rings (SSSR count). The van der Waals surface area contributed by atoms with Crippen LogP contribution in [0.3, 0.4) is 0 Å². The number of aromatic nitrogens is 2. The first kappa shape index (κ1) is 15.6. The van der Waals surface area contributed by atoms with Gasteiger partial charge in [-0.2, -0.15) is 0 Å². The third kappa shape index (κ3) is 2.42. The van der Waals surface area contributed by atoms with Gasteiger partial charge in [0.15, 0.2) is 4.96 Å². The molecule has 0 saturated carbocycles. The van der Waals surface area contributed by atoms with E-state index in [0.717, 1.165) is 22.2 Å². The Morgan fingerprint density at radius 3 is 2.62 bits per heavy atom. The first-order valence-electron chi connectivity index (χ1n) is 7.33. The highest BCUT2D eigenvalue weighted by Crippen LogP contribution is 2.23. The van der Waals surface area contributed by atoms with Gasteiger partial charge >= 0.3 is 0 Å². The molecule has 0 aliphatic heterocycles. The summed E-state index contributed by atoms with van der Waals surface area (Å²) in [5.74, 6) is 0. The van der Waals surface area contributed by atoms with E-state index in [1.54, 1.807) is 28.7 Å². The lowest BCUT2D eigenvalue weighted by atomic mass is 10.1. The summed E-state index contributed by atoms with van der Waals surface area (Å²) in [4.78, 5) is 18.1. The van der Waals surface area contributed by atoms with E-state index in [1.165, 1.54) is 16.9 Å². The zero-order valence-electron chi connectivity index (χ0n) is 12.9. The number of aryl methyl sites for hydroxylation is 2. The molecule has 120 valence electrons. The normalized spacial score (nSPS) is 12.6. The molecule has 0 spiro atoms. The van der Waals surface area contributed by atoms with Gasteiger partial charge in [-0.25, -0.2) is 9.38 Å². The van der Waals surface area contributed by atoms with Gasteiger partial charge in [-0.1, -0.05) is 40.6 Å². The van der Waals surface area contributed by atoms with Gasteiger partial charge in [0.1, 0.15) is 0 Å². The topological polar surface area (TPSA) is 34.4 Å². The van der Waals surface area contributed by atoms with E-state index >= 15 is 0 Å². The fourth-order valence-electron chi connectivity index (χ4n) is 2.68. The molecule has 0 aliphatic rings. The molecular weight excluding hydrogens is 363 g/mol. The molecule has 3 nitrogen and oxygen atoms in total. The van der Waals surface area contributed by atoms with E-state index in [-0.39, 0.29) is 5.56 Å². The quantitative estimate of drug-likeness (QED) is 0.495. The molecule has 0 fully saturated rings. The predicted molar refractivity (Wildman–Crippen MR) is 102 cm³/mol. The molecule has 0 aliphatic carbocycles. The van der Waals surface area contributed by atoms with Crippen LogP contribution in [0, 0.1) is 13.8 Å². The summed E-state index contributed by atoms with van der Waals surface area (Å²) in [5.41, 5.74) is 4.68. The molecule has 0 radical (unpaired) electrons. The second-order valence-electron chi connectivity index (χ2n) is 5.74. The zero-order chi connectivity index (χ0) is 17.0. The molecule has 24 heavy (non-hydrogen) atoms. The molecule has 6 heteroatoms. The van der Waals surface area contributed by atoms with E-state index < -0.39 is 0 Å². The number of rotatable bonds is 1. The van der Waals surface area contributed by atoms with Crippen molar-refractivity contribution < 1.29 is 0 Å². The fraction of sp³-hybridized carbons (Fsp3) is 0.111. The van der Waals surface area contributed by atoms with Gasteiger partial charge in [-0.3, -0.25) is 4.79 Å². The third-order valence-corrected chi connectivity index (χ3v) is 5.63. The second-order valence-corrected chi connectivity index (χ2v) is 7.59. The smallest absolute Gasteiger partial charge is 0.267 e. The summed E-state index contributed by atoms with van der Waals surface area (Å²) in [6.07, 6.45) is 1.78. The predicted octanol–water partition coefficient (Wildman–Crippen LogP) is 4.38. The number of halogens is 2. The highest BCUT2D eigenvalue weighted by atomic mass is 35.5. The van der Waals surface area contributed by atoms with Crippen LogP contribution in [0.1, 0.15) is 16.7 Å². The maximum absolute atomic E-state index is 12.8. The molecule has 0 N–H and O–H groups in total. The van der Waals surface area contributed by atoms with Gasteiger partial charge in [0, 0.05) is 10.0 Å². The van der Waals surface area contributed by atoms with E-state index in [1.807, 2.05) is 26.0 Å². The summed E-state index contributed by atoms with van der Waals surface area (Å²) < 4.78 is 2.27. The van der Waals surface area contributed by atoms with Crippen LogP contribution in [0.2, 0.25) is 10.0 Å². The van der Waals surface area contributed by atoms with Crippen LogP contribution in [-0.4, -0.2) is 9.38 Å².